The number of aromatic nitrogens is 7. The Morgan fingerprint density at radius 2 is 2.13 bits per heavy atom. The zero-order valence-corrected chi connectivity index (χ0v) is 16.9. The summed E-state index contributed by atoms with van der Waals surface area (Å²) in [5.41, 5.74) is 9.08. The first-order chi connectivity index (χ1) is 15.1. The van der Waals surface area contributed by atoms with E-state index in [-0.39, 0.29) is 17.6 Å². The number of nitrogen functional groups attached to an aromatic ring is 1. The van der Waals surface area contributed by atoms with Crippen LogP contribution in [0, 0.1) is 6.92 Å². The molecule has 1 aliphatic rings. The summed E-state index contributed by atoms with van der Waals surface area (Å²) in [6, 6.07) is 3.74. The van der Waals surface area contributed by atoms with E-state index in [4.69, 9.17) is 10.5 Å². The molecule has 1 fully saturated rings. The maximum atomic E-state index is 12.8. The van der Waals surface area contributed by atoms with Crippen molar-refractivity contribution in [3.63, 3.8) is 0 Å². The third-order valence-electron chi connectivity index (χ3n) is 5.21. The second-order valence-electron chi connectivity index (χ2n) is 7.34. The molecule has 11 nitrogen and oxygen atoms in total. The third-order valence-corrected chi connectivity index (χ3v) is 5.21. The van der Waals surface area contributed by atoms with Gasteiger partial charge in [0.2, 0.25) is 5.82 Å². The summed E-state index contributed by atoms with van der Waals surface area (Å²) in [5, 5.41) is 11.2. The average Bonchev–Trinajstić information content (AvgIpc) is 3.55. The Morgan fingerprint density at radius 3 is 2.90 bits per heavy atom. The van der Waals surface area contributed by atoms with Gasteiger partial charge in [0.1, 0.15) is 11.3 Å². The van der Waals surface area contributed by atoms with Crippen molar-refractivity contribution in [3.05, 3.63) is 48.3 Å². The second-order valence-corrected chi connectivity index (χ2v) is 7.34. The number of imidazole rings is 1. The zero-order valence-electron chi connectivity index (χ0n) is 16.9. The van der Waals surface area contributed by atoms with E-state index >= 15 is 0 Å². The second kappa shape index (κ2) is 7.76. The van der Waals surface area contributed by atoms with Gasteiger partial charge in [0.15, 0.2) is 11.5 Å². The number of pyridine rings is 1. The first-order valence-electron chi connectivity index (χ1n) is 9.98. The molecule has 5 rings (SSSR count). The maximum absolute atomic E-state index is 12.8. The smallest absolute Gasteiger partial charge is 0.273 e. The molecule has 4 aromatic heterocycles. The van der Waals surface area contributed by atoms with Gasteiger partial charge in [0, 0.05) is 36.8 Å². The lowest BCUT2D eigenvalue weighted by atomic mass is 10.2. The molecule has 0 saturated carbocycles. The Bertz CT molecular complexity index is 1240. The van der Waals surface area contributed by atoms with E-state index in [1.54, 1.807) is 6.20 Å². The van der Waals surface area contributed by atoms with Gasteiger partial charge in [-0.1, -0.05) is 0 Å². The number of carbonyl (C=O) groups is 1. The van der Waals surface area contributed by atoms with Crippen LogP contribution in [0.25, 0.3) is 22.7 Å². The third kappa shape index (κ3) is 3.59. The van der Waals surface area contributed by atoms with Crippen LogP contribution in [0.1, 0.15) is 29.0 Å². The van der Waals surface area contributed by atoms with Gasteiger partial charge in [-0.2, -0.15) is 10.2 Å². The van der Waals surface area contributed by atoms with Crippen LogP contribution < -0.4 is 11.1 Å². The normalized spacial score (nSPS) is 16.1. The number of aryl methyl sites for hydroxylation is 1. The number of nitrogens with two attached hydrogens (primary N) is 1. The van der Waals surface area contributed by atoms with Gasteiger partial charge < -0.3 is 20.2 Å². The zero-order chi connectivity index (χ0) is 21.4. The Kier molecular flexibility index (Phi) is 4.79. The molecule has 3 N–H and O–H groups in total. The van der Waals surface area contributed by atoms with E-state index in [0.717, 1.165) is 29.7 Å². The SMILES string of the molecule is Cc1cnc2ccc(-c3nc(C(=O)NC[C@H]4CCCO4)c(N)nc3-n3nccn3)cn12. The first kappa shape index (κ1) is 19.1. The van der Waals surface area contributed by atoms with Gasteiger partial charge in [-0.15, -0.1) is 4.80 Å². The van der Waals surface area contributed by atoms with Crippen LogP contribution in [0.15, 0.2) is 36.9 Å². The number of anilines is 1. The predicted molar refractivity (Wildman–Crippen MR) is 112 cm³/mol. The highest BCUT2D eigenvalue weighted by atomic mass is 16.5. The number of nitrogens with zero attached hydrogens (tertiary/aromatic N) is 7. The largest absolute Gasteiger partial charge is 0.382 e. The van der Waals surface area contributed by atoms with Crippen molar-refractivity contribution < 1.29 is 9.53 Å². The topological polar surface area (TPSA) is 138 Å². The molecule has 0 bridgehead atoms. The van der Waals surface area contributed by atoms with E-state index in [0.29, 0.717) is 24.7 Å². The number of ether oxygens (including phenoxy) is 1. The molecule has 5 heterocycles. The van der Waals surface area contributed by atoms with Crippen molar-refractivity contribution in [1.82, 2.24) is 39.7 Å². The lowest BCUT2D eigenvalue weighted by Gasteiger charge is -2.14. The minimum atomic E-state index is -0.401. The minimum absolute atomic E-state index is 0.000722. The Balaban J connectivity index is 1.57. The van der Waals surface area contributed by atoms with Crippen molar-refractivity contribution in [2.45, 2.75) is 25.9 Å². The van der Waals surface area contributed by atoms with Crippen LogP contribution in [0.2, 0.25) is 0 Å². The summed E-state index contributed by atoms with van der Waals surface area (Å²) in [7, 11) is 0. The highest BCUT2D eigenvalue weighted by Gasteiger charge is 2.23. The van der Waals surface area contributed by atoms with Crippen LogP contribution in [0.4, 0.5) is 5.82 Å². The summed E-state index contributed by atoms with van der Waals surface area (Å²) in [6.45, 7) is 3.07. The lowest BCUT2D eigenvalue weighted by Crippen LogP contribution is -2.33. The van der Waals surface area contributed by atoms with Gasteiger partial charge in [-0.25, -0.2) is 15.0 Å². The fraction of sp³-hybridized carbons (Fsp3) is 0.300. The summed E-state index contributed by atoms with van der Waals surface area (Å²) in [6.07, 6.45) is 8.67. The van der Waals surface area contributed by atoms with E-state index in [9.17, 15) is 4.79 Å². The molecule has 1 atom stereocenters. The molecular formula is C20H21N9O2. The van der Waals surface area contributed by atoms with E-state index < -0.39 is 5.91 Å². The molecule has 1 aliphatic heterocycles. The molecule has 1 amide bonds. The molecule has 0 unspecified atom stereocenters. The minimum Gasteiger partial charge on any atom is -0.382 e. The molecule has 4 aromatic rings. The fourth-order valence-corrected chi connectivity index (χ4v) is 3.60. The standard InChI is InChI=1S/C20H21N9O2/c1-12-9-22-15-5-4-13(11-28(12)15)16-19(29-24-6-7-25-29)27-18(21)17(26-16)20(30)23-10-14-3-2-8-31-14/h4-7,9,11,14H,2-3,8,10H2,1H3,(H2,21,27)(H,23,30)/t14-/m1/s1. The number of amides is 1. The Morgan fingerprint density at radius 1 is 1.29 bits per heavy atom. The number of nitrogens with one attached hydrogen (secondary N) is 1. The number of carbonyl (C=O) groups excluding carboxylic acids is 1. The van der Waals surface area contributed by atoms with Crippen LogP contribution in [0.5, 0.6) is 0 Å². The molecule has 0 radical (unpaired) electrons. The Labute approximate surface area is 177 Å². The van der Waals surface area contributed by atoms with Gasteiger partial charge in [-0.3, -0.25) is 4.79 Å². The quantitative estimate of drug-likeness (QED) is 0.492. The molecule has 31 heavy (non-hydrogen) atoms. The molecule has 0 aromatic carbocycles. The summed E-state index contributed by atoms with van der Waals surface area (Å²) in [5.74, 6) is -0.0716. The van der Waals surface area contributed by atoms with Crippen LogP contribution in [0.3, 0.4) is 0 Å². The van der Waals surface area contributed by atoms with Crippen LogP contribution in [-0.4, -0.2) is 59.5 Å². The summed E-state index contributed by atoms with van der Waals surface area (Å²) >= 11 is 0. The van der Waals surface area contributed by atoms with E-state index in [2.05, 4.69) is 30.5 Å². The van der Waals surface area contributed by atoms with Gasteiger partial charge in [0.25, 0.3) is 5.91 Å². The van der Waals surface area contributed by atoms with Gasteiger partial charge >= 0.3 is 0 Å². The molecule has 0 aliphatic carbocycles. The van der Waals surface area contributed by atoms with Crippen molar-refractivity contribution in [2.24, 2.45) is 0 Å². The van der Waals surface area contributed by atoms with Crippen molar-refractivity contribution in [3.8, 4) is 17.1 Å². The lowest BCUT2D eigenvalue weighted by molar-refractivity contribution is 0.0854. The van der Waals surface area contributed by atoms with Crippen molar-refractivity contribution in [2.75, 3.05) is 18.9 Å². The molecule has 11 heteroatoms. The molecular weight excluding hydrogens is 398 g/mol. The van der Waals surface area contributed by atoms with Gasteiger partial charge in [-0.05, 0) is 31.9 Å². The highest BCUT2D eigenvalue weighted by Crippen LogP contribution is 2.26. The maximum Gasteiger partial charge on any atom is 0.273 e. The molecule has 1 saturated heterocycles. The monoisotopic (exact) mass is 419 g/mol. The van der Waals surface area contributed by atoms with E-state index in [1.807, 2.05) is 29.7 Å². The van der Waals surface area contributed by atoms with Crippen LogP contribution in [-0.2, 0) is 4.74 Å². The molecule has 158 valence electrons. The number of hydrogen-bond acceptors (Lipinski definition) is 8. The van der Waals surface area contributed by atoms with Crippen molar-refractivity contribution in [1.29, 1.82) is 0 Å². The van der Waals surface area contributed by atoms with Gasteiger partial charge in [0.05, 0.1) is 18.5 Å². The molecule has 0 spiro atoms. The first-order valence-corrected chi connectivity index (χ1v) is 9.98. The number of fused-ring (bicyclic) bond motifs is 1. The van der Waals surface area contributed by atoms with Crippen molar-refractivity contribution >= 4 is 17.4 Å². The fourth-order valence-electron chi connectivity index (χ4n) is 3.60. The average molecular weight is 419 g/mol. The summed E-state index contributed by atoms with van der Waals surface area (Å²) < 4.78 is 7.50. The van der Waals surface area contributed by atoms with Crippen LogP contribution >= 0.6 is 0 Å². The predicted octanol–water partition coefficient (Wildman–Crippen LogP) is 1.17. The Hall–Kier alpha value is -3.86. The van der Waals surface area contributed by atoms with E-state index in [1.165, 1.54) is 17.2 Å². The summed E-state index contributed by atoms with van der Waals surface area (Å²) in [4.78, 5) is 27.5. The number of rotatable bonds is 5. The highest BCUT2D eigenvalue weighted by molar-refractivity contribution is 5.97. The number of hydrogen-bond donors (Lipinski definition) is 2.